The van der Waals surface area contributed by atoms with E-state index in [0.29, 0.717) is 28.8 Å². The molecule has 128 valence electrons. The Hall–Kier alpha value is -3.07. The van der Waals surface area contributed by atoms with Crippen LogP contribution in [0.5, 0.6) is 0 Å². The molecule has 0 aliphatic carbocycles. The lowest BCUT2D eigenvalue weighted by molar-refractivity contribution is 0.112. The molecule has 0 fully saturated rings. The molecule has 2 aromatic heterocycles. The summed E-state index contributed by atoms with van der Waals surface area (Å²) in [6.07, 6.45) is 5.47. The van der Waals surface area contributed by atoms with E-state index < -0.39 is 11.9 Å². The highest BCUT2D eigenvalue weighted by Gasteiger charge is 2.20. The van der Waals surface area contributed by atoms with Gasteiger partial charge in [0.05, 0.1) is 12.8 Å². The van der Waals surface area contributed by atoms with Crippen LogP contribution in [-0.4, -0.2) is 38.5 Å². The Balaban J connectivity index is 1.96. The van der Waals surface area contributed by atoms with Crippen LogP contribution in [0.2, 0.25) is 0 Å². The smallest absolute Gasteiger partial charge is 0.257 e. The highest BCUT2D eigenvalue weighted by atomic mass is 32.1. The Morgan fingerprint density at radius 1 is 1.48 bits per heavy atom. The van der Waals surface area contributed by atoms with Crippen molar-refractivity contribution in [2.45, 2.75) is 6.04 Å². The lowest BCUT2D eigenvalue weighted by atomic mass is 10.0. The molecule has 9 heteroatoms. The van der Waals surface area contributed by atoms with E-state index in [0.717, 1.165) is 0 Å². The molecule has 0 aliphatic rings. The summed E-state index contributed by atoms with van der Waals surface area (Å²) in [5.41, 5.74) is 1.93. The third kappa shape index (κ3) is 3.56. The van der Waals surface area contributed by atoms with Gasteiger partial charge in [-0.1, -0.05) is 11.3 Å². The molecule has 0 amide bonds. The summed E-state index contributed by atoms with van der Waals surface area (Å²) in [5.74, 6) is -0.454. The molecule has 2 heterocycles. The number of thiocarbonyl (C=S) groups is 1. The summed E-state index contributed by atoms with van der Waals surface area (Å²) in [7, 11) is 1.44. The van der Waals surface area contributed by atoms with E-state index in [-0.39, 0.29) is 5.17 Å². The van der Waals surface area contributed by atoms with Crippen LogP contribution < -0.4 is 5.32 Å². The van der Waals surface area contributed by atoms with Crippen molar-refractivity contribution >= 4 is 23.7 Å². The van der Waals surface area contributed by atoms with Crippen molar-refractivity contribution in [2.75, 3.05) is 7.11 Å². The Morgan fingerprint density at radius 3 is 2.92 bits per heavy atom. The van der Waals surface area contributed by atoms with Gasteiger partial charge in [-0.2, -0.15) is 0 Å². The molecule has 0 spiro atoms. The summed E-state index contributed by atoms with van der Waals surface area (Å²) >= 11 is 5.03. The monoisotopic (exact) mass is 359 g/mol. The number of carbonyl (C=O) groups excluding carboxylic acids is 1. The normalized spacial score (nSPS) is 11.8. The molecule has 0 aliphatic heterocycles. The van der Waals surface area contributed by atoms with E-state index in [9.17, 15) is 9.18 Å². The molecule has 0 saturated carbocycles. The number of benzene rings is 1. The highest BCUT2D eigenvalue weighted by Crippen LogP contribution is 2.24. The van der Waals surface area contributed by atoms with Crippen LogP contribution in [0.1, 0.15) is 27.7 Å². The molecule has 1 unspecified atom stereocenters. The van der Waals surface area contributed by atoms with Crippen LogP contribution in [0.4, 0.5) is 4.39 Å². The van der Waals surface area contributed by atoms with Crippen LogP contribution in [0.15, 0.2) is 42.9 Å². The fourth-order valence-electron chi connectivity index (χ4n) is 2.40. The van der Waals surface area contributed by atoms with E-state index in [1.165, 1.54) is 13.2 Å². The second-order valence-corrected chi connectivity index (χ2v) is 5.52. The van der Waals surface area contributed by atoms with Gasteiger partial charge in [0.2, 0.25) is 0 Å². The highest BCUT2D eigenvalue weighted by molar-refractivity contribution is 7.80. The molecule has 1 atom stereocenters. The van der Waals surface area contributed by atoms with Crippen molar-refractivity contribution in [2.24, 2.45) is 0 Å². The summed E-state index contributed by atoms with van der Waals surface area (Å²) in [6, 6.07) is 5.82. The van der Waals surface area contributed by atoms with Crippen LogP contribution in [0, 0.1) is 5.82 Å². The number of methoxy groups -OCH3 is 1. The number of halogens is 1. The maximum atomic E-state index is 14.6. The van der Waals surface area contributed by atoms with Crippen molar-refractivity contribution in [3.8, 4) is 5.69 Å². The van der Waals surface area contributed by atoms with Gasteiger partial charge < -0.3 is 14.6 Å². The van der Waals surface area contributed by atoms with Gasteiger partial charge >= 0.3 is 0 Å². The zero-order valence-electron chi connectivity index (χ0n) is 13.1. The standard InChI is InChI=1S/C16H14FN5O2S/c1-24-16(25)19-15(13-7-18-21-20-13)11-2-3-14(12(17)6-11)22-5-4-10(8-22)9-23/h2-9,15H,1H3,(H,19,25)(H,18,20,21). The van der Waals surface area contributed by atoms with Gasteiger partial charge in [-0.3, -0.25) is 9.89 Å². The maximum absolute atomic E-state index is 14.6. The first-order valence-corrected chi connectivity index (χ1v) is 7.67. The third-order valence-electron chi connectivity index (χ3n) is 3.61. The average molecular weight is 359 g/mol. The number of nitrogens with one attached hydrogen (secondary N) is 2. The number of nitrogens with zero attached hydrogens (tertiary/aromatic N) is 3. The van der Waals surface area contributed by atoms with Gasteiger partial charge in [-0.15, -0.1) is 5.10 Å². The first-order chi connectivity index (χ1) is 12.1. The second-order valence-electron chi connectivity index (χ2n) is 5.15. The van der Waals surface area contributed by atoms with Crippen molar-refractivity contribution in [3.05, 3.63) is 65.5 Å². The summed E-state index contributed by atoms with van der Waals surface area (Å²) in [5, 5.41) is 13.3. The Kier molecular flexibility index (Phi) is 4.85. The molecule has 2 N–H and O–H groups in total. The number of rotatable bonds is 5. The zero-order chi connectivity index (χ0) is 17.8. The number of hydrogen-bond donors (Lipinski definition) is 2. The van der Waals surface area contributed by atoms with Crippen molar-refractivity contribution < 1.29 is 13.9 Å². The van der Waals surface area contributed by atoms with Gasteiger partial charge in [0.15, 0.2) is 6.29 Å². The topological polar surface area (TPSA) is 84.8 Å². The fraction of sp³-hybridized carbons (Fsp3) is 0.125. The second kappa shape index (κ2) is 7.22. The summed E-state index contributed by atoms with van der Waals surface area (Å²) in [4.78, 5) is 10.8. The maximum Gasteiger partial charge on any atom is 0.257 e. The predicted octanol–water partition coefficient (Wildman–Crippen LogP) is 2.16. The third-order valence-corrected chi connectivity index (χ3v) is 3.90. The van der Waals surface area contributed by atoms with E-state index in [1.54, 1.807) is 41.4 Å². The summed E-state index contributed by atoms with van der Waals surface area (Å²) in [6.45, 7) is 0. The first kappa shape index (κ1) is 16.8. The Bertz CT molecular complexity index is 894. The zero-order valence-corrected chi connectivity index (χ0v) is 14.0. The van der Waals surface area contributed by atoms with Crippen LogP contribution in [0.3, 0.4) is 0 Å². The molecule has 25 heavy (non-hydrogen) atoms. The van der Waals surface area contributed by atoms with E-state index in [4.69, 9.17) is 17.0 Å². The number of aldehydes is 1. The van der Waals surface area contributed by atoms with E-state index in [2.05, 4.69) is 20.7 Å². The Labute approximate surface area is 147 Å². The minimum absolute atomic E-state index is 0.151. The molecule has 0 radical (unpaired) electrons. The molecule has 0 bridgehead atoms. The molecular formula is C16H14FN5O2S. The van der Waals surface area contributed by atoms with Crippen molar-refractivity contribution in [1.29, 1.82) is 0 Å². The first-order valence-electron chi connectivity index (χ1n) is 7.26. The lowest BCUT2D eigenvalue weighted by Gasteiger charge is -2.18. The van der Waals surface area contributed by atoms with E-state index in [1.807, 2.05) is 0 Å². The number of carbonyl (C=O) groups is 1. The SMILES string of the molecule is COC(=S)NC(c1ccc(-n2ccc(C=O)c2)c(F)c1)c1c[nH]nn1. The van der Waals surface area contributed by atoms with Crippen molar-refractivity contribution in [3.63, 3.8) is 0 Å². The molecule has 3 aromatic rings. The predicted molar refractivity (Wildman–Crippen MR) is 92.1 cm³/mol. The Morgan fingerprint density at radius 2 is 2.32 bits per heavy atom. The van der Waals surface area contributed by atoms with Crippen molar-refractivity contribution in [1.82, 2.24) is 25.3 Å². The quantitative estimate of drug-likeness (QED) is 0.536. The molecule has 7 nitrogen and oxygen atoms in total. The molecule has 1 aromatic carbocycles. The van der Waals surface area contributed by atoms with E-state index >= 15 is 0 Å². The number of hydrogen-bond acceptors (Lipinski definition) is 5. The number of H-pyrrole nitrogens is 1. The number of aromatic nitrogens is 4. The van der Waals surface area contributed by atoms with Gasteiger partial charge in [0.1, 0.15) is 17.6 Å². The van der Waals surface area contributed by atoms with Gasteiger partial charge in [-0.05, 0) is 36.0 Å². The average Bonchev–Trinajstić information content (AvgIpc) is 3.30. The minimum Gasteiger partial charge on any atom is -0.474 e. The molecule has 3 rings (SSSR count). The summed E-state index contributed by atoms with van der Waals surface area (Å²) < 4.78 is 21.1. The minimum atomic E-state index is -0.523. The van der Waals surface area contributed by atoms with Gasteiger partial charge in [-0.25, -0.2) is 4.39 Å². The van der Waals surface area contributed by atoms with Crippen LogP contribution >= 0.6 is 12.2 Å². The largest absolute Gasteiger partial charge is 0.474 e. The molecule has 0 saturated heterocycles. The number of aromatic amines is 1. The van der Waals surface area contributed by atoms with Crippen LogP contribution in [-0.2, 0) is 4.74 Å². The molecular weight excluding hydrogens is 345 g/mol. The lowest BCUT2D eigenvalue weighted by Crippen LogP contribution is -2.29. The van der Waals surface area contributed by atoms with Gasteiger partial charge in [0.25, 0.3) is 5.17 Å². The number of ether oxygens (including phenoxy) is 1. The van der Waals surface area contributed by atoms with Gasteiger partial charge in [0, 0.05) is 24.2 Å². The van der Waals surface area contributed by atoms with Crippen LogP contribution in [0.25, 0.3) is 5.69 Å². The fourth-order valence-corrected chi connectivity index (χ4v) is 2.52.